The molecule has 0 bridgehead atoms. The second-order valence-corrected chi connectivity index (χ2v) is 9.13. The zero-order chi connectivity index (χ0) is 15.3. The minimum absolute atomic E-state index is 0.347. The summed E-state index contributed by atoms with van der Waals surface area (Å²) in [5, 5.41) is 9.64. The van der Waals surface area contributed by atoms with Gasteiger partial charge in [-0.15, -0.1) is 0 Å². The average Bonchev–Trinajstić information content (AvgIpc) is 2.12. The smallest absolute Gasteiger partial charge is 0.0461 e. The molecule has 0 aliphatic rings. The van der Waals surface area contributed by atoms with Crippen molar-refractivity contribution in [3.8, 4) is 0 Å². The van der Waals surface area contributed by atoms with E-state index in [1.165, 1.54) is 25.7 Å². The topological polar surface area (TPSA) is 20.2 Å². The molecule has 0 saturated heterocycles. The Kier molecular flexibility index (Phi) is 7.65. The first-order valence-corrected chi connectivity index (χ1v) is 8.05. The quantitative estimate of drug-likeness (QED) is 0.646. The van der Waals surface area contributed by atoms with Crippen molar-refractivity contribution in [3.63, 3.8) is 0 Å². The Bertz CT molecular complexity index is 231. The van der Waals surface area contributed by atoms with Gasteiger partial charge in [-0.1, -0.05) is 61.8 Å². The molecule has 0 aromatic heterocycles. The van der Waals surface area contributed by atoms with Crippen molar-refractivity contribution in [2.45, 2.75) is 81.1 Å². The molecule has 0 amide bonds. The Hall–Kier alpha value is -0.0400. The Morgan fingerprint density at radius 1 is 0.789 bits per heavy atom. The fourth-order valence-electron chi connectivity index (χ4n) is 3.33. The maximum atomic E-state index is 9.64. The van der Waals surface area contributed by atoms with E-state index < -0.39 is 0 Å². The number of aliphatic hydroxyl groups is 1. The Morgan fingerprint density at radius 3 is 1.63 bits per heavy atom. The van der Waals surface area contributed by atoms with Crippen molar-refractivity contribution >= 4 is 0 Å². The van der Waals surface area contributed by atoms with Gasteiger partial charge in [-0.25, -0.2) is 0 Å². The van der Waals surface area contributed by atoms with E-state index in [0.717, 1.165) is 5.92 Å². The second-order valence-electron chi connectivity index (χ2n) is 9.13. The van der Waals surface area contributed by atoms with Gasteiger partial charge in [0.05, 0.1) is 0 Å². The largest absolute Gasteiger partial charge is 0.396 e. The van der Waals surface area contributed by atoms with Crippen LogP contribution < -0.4 is 0 Å². The molecule has 0 saturated carbocycles. The van der Waals surface area contributed by atoms with E-state index in [0.29, 0.717) is 29.3 Å². The van der Waals surface area contributed by atoms with Crippen LogP contribution in [0.3, 0.4) is 0 Å². The number of hydrogen-bond acceptors (Lipinski definition) is 1. The molecular formula is C18H38O. The lowest BCUT2D eigenvalue weighted by Gasteiger charge is -2.30. The average molecular weight is 271 g/mol. The summed E-state index contributed by atoms with van der Waals surface area (Å²) in [6.45, 7) is 18.8. The highest BCUT2D eigenvalue weighted by Crippen LogP contribution is 2.33. The summed E-state index contributed by atoms with van der Waals surface area (Å²) >= 11 is 0. The van der Waals surface area contributed by atoms with Crippen LogP contribution in [-0.2, 0) is 0 Å². The van der Waals surface area contributed by atoms with Gasteiger partial charge in [0.1, 0.15) is 0 Å². The van der Waals surface area contributed by atoms with Gasteiger partial charge in [0.2, 0.25) is 0 Å². The molecule has 19 heavy (non-hydrogen) atoms. The molecule has 1 nitrogen and oxygen atoms in total. The minimum atomic E-state index is 0.347. The lowest BCUT2D eigenvalue weighted by Crippen LogP contribution is -2.22. The molecule has 0 aromatic carbocycles. The standard InChI is InChI=1S/C18H38O/c1-14(11-17(3,4)5)9-10-16(13-19)15(2)12-18(6,7)8/h14-16,19H,9-13H2,1-8H3/t14-,15+,16-/m1/s1. The number of hydrogen-bond donors (Lipinski definition) is 1. The molecule has 0 aromatic rings. The van der Waals surface area contributed by atoms with E-state index in [1.807, 2.05) is 0 Å². The molecule has 1 heteroatoms. The third kappa shape index (κ3) is 10.4. The highest BCUT2D eigenvalue weighted by Gasteiger charge is 2.23. The third-order valence-electron chi connectivity index (χ3n) is 3.96. The fourth-order valence-corrected chi connectivity index (χ4v) is 3.33. The fraction of sp³-hybridized carbons (Fsp3) is 1.00. The SMILES string of the molecule is C[C@H](CC[C@H](CO)[C@@H](C)CC(C)(C)C)CC(C)(C)C. The van der Waals surface area contributed by atoms with E-state index in [1.54, 1.807) is 0 Å². The molecule has 0 radical (unpaired) electrons. The van der Waals surface area contributed by atoms with Crippen molar-refractivity contribution in [1.82, 2.24) is 0 Å². The molecule has 3 atom stereocenters. The van der Waals surface area contributed by atoms with E-state index in [9.17, 15) is 5.11 Å². The third-order valence-corrected chi connectivity index (χ3v) is 3.96. The minimum Gasteiger partial charge on any atom is -0.396 e. The Labute approximate surface area is 122 Å². The van der Waals surface area contributed by atoms with Crippen LogP contribution in [0.25, 0.3) is 0 Å². The summed E-state index contributed by atoms with van der Waals surface area (Å²) in [7, 11) is 0. The number of aliphatic hydroxyl groups excluding tert-OH is 1. The van der Waals surface area contributed by atoms with E-state index in [4.69, 9.17) is 0 Å². The van der Waals surface area contributed by atoms with Crippen LogP contribution in [0.5, 0.6) is 0 Å². The van der Waals surface area contributed by atoms with Crippen LogP contribution in [-0.4, -0.2) is 11.7 Å². The molecular weight excluding hydrogens is 232 g/mol. The van der Waals surface area contributed by atoms with Crippen LogP contribution in [0.1, 0.15) is 81.1 Å². The zero-order valence-corrected chi connectivity index (χ0v) is 14.7. The first-order valence-electron chi connectivity index (χ1n) is 8.05. The van der Waals surface area contributed by atoms with Crippen molar-refractivity contribution < 1.29 is 5.11 Å². The van der Waals surface area contributed by atoms with E-state index >= 15 is 0 Å². The Morgan fingerprint density at radius 2 is 1.26 bits per heavy atom. The van der Waals surface area contributed by atoms with Gasteiger partial charge in [0.15, 0.2) is 0 Å². The van der Waals surface area contributed by atoms with E-state index in [2.05, 4.69) is 55.4 Å². The summed E-state index contributed by atoms with van der Waals surface area (Å²) in [6.07, 6.45) is 4.90. The monoisotopic (exact) mass is 270 g/mol. The van der Waals surface area contributed by atoms with Crippen molar-refractivity contribution in [1.29, 1.82) is 0 Å². The normalized spacial score (nSPS) is 18.2. The van der Waals surface area contributed by atoms with Gasteiger partial charge in [-0.3, -0.25) is 0 Å². The van der Waals surface area contributed by atoms with Gasteiger partial charge in [0.25, 0.3) is 0 Å². The van der Waals surface area contributed by atoms with Crippen molar-refractivity contribution in [3.05, 3.63) is 0 Å². The molecule has 0 heterocycles. The van der Waals surface area contributed by atoms with Crippen molar-refractivity contribution in [2.24, 2.45) is 28.6 Å². The van der Waals surface area contributed by atoms with E-state index in [-0.39, 0.29) is 0 Å². The molecule has 0 aliphatic heterocycles. The summed E-state index contributed by atoms with van der Waals surface area (Å²) < 4.78 is 0. The highest BCUT2D eigenvalue weighted by molar-refractivity contribution is 4.74. The summed E-state index contributed by atoms with van der Waals surface area (Å²) in [5.74, 6) is 1.85. The lowest BCUT2D eigenvalue weighted by molar-refractivity contribution is 0.135. The predicted molar refractivity (Wildman–Crippen MR) is 86.3 cm³/mol. The molecule has 0 spiro atoms. The summed E-state index contributed by atoms with van der Waals surface area (Å²) in [5.41, 5.74) is 0.787. The maximum absolute atomic E-state index is 9.64. The van der Waals surface area contributed by atoms with Gasteiger partial charge < -0.3 is 5.11 Å². The molecule has 0 fully saturated rings. The highest BCUT2D eigenvalue weighted by atomic mass is 16.3. The van der Waals surface area contributed by atoms with Crippen LogP contribution in [0, 0.1) is 28.6 Å². The van der Waals surface area contributed by atoms with Gasteiger partial charge in [0, 0.05) is 6.61 Å². The van der Waals surface area contributed by atoms with Crippen LogP contribution in [0.2, 0.25) is 0 Å². The molecule has 0 rings (SSSR count). The van der Waals surface area contributed by atoms with Crippen LogP contribution >= 0.6 is 0 Å². The summed E-state index contributed by atoms with van der Waals surface area (Å²) in [4.78, 5) is 0. The van der Waals surface area contributed by atoms with Crippen LogP contribution in [0.4, 0.5) is 0 Å². The number of rotatable bonds is 7. The first kappa shape index (κ1) is 19.0. The van der Waals surface area contributed by atoms with Gasteiger partial charge in [-0.05, 0) is 47.8 Å². The molecule has 0 aliphatic carbocycles. The molecule has 116 valence electrons. The Balaban J connectivity index is 4.19. The molecule has 1 N–H and O–H groups in total. The lowest BCUT2D eigenvalue weighted by atomic mass is 9.76. The van der Waals surface area contributed by atoms with Gasteiger partial charge in [-0.2, -0.15) is 0 Å². The summed E-state index contributed by atoms with van der Waals surface area (Å²) in [6, 6.07) is 0. The second kappa shape index (κ2) is 7.67. The zero-order valence-electron chi connectivity index (χ0n) is 14.7. The maximum Gasteiger partial charge on any atom is 0.0461 e. The first-order chi connectivity index (χ1) is 8.44. The van der Waals surface area contributed by atoms with Crippen molar-refractivity contribution in [2.75, 3.05) is 6.61 Å². The molecule has 0 unspecified atom stereocenters. The van der Waals surface area contributed by atoms with Crippen LogP contribution in [0.15, 0.2) is 0 Å². The predicted octanol–water partition coefficient (Wildman–Crippen LogP) is 5.52. The van der Waals surface area contributed by atoms with Gasteiger partial charge >= 0.3 is 0 Å².